The number of sulfonamides is 1. The Balaban J connectivity index is 1.57. The number of rotatable bonds is 3. The van der Waals surface area contributed by atoms with E-state index in [0.717, 1.165) is 55.7 Å². The summed E-state index contributed by atoms with van der Waals surface area (Å²) < 4.78 is 41.5. The van der Waals surface area contributed by atoms with Gasteiger partial charge in [-0.2, -0.15) is 0 Å². The predicted octanol–water partition coefficient (Wildman–Crippen LogP) is 6.03. The second kappa shape index (κ2) is 13.8. The quantitative estimate of drug-likeness (QED) is 0.317. The smallest absolute Gasteiger partial charge is 0.264 e. The molecular weight excluding hydrogens is 600 g/mol. The van der Waals surface area contributed by atoms with E-state index in [1.54, 1.807) is 25.1 Å². The van der Waals surface area contributed by atoms with Crippen LogP contribution in [0.5, 0.6) is 5.75 Å². The van der Waals surface area contributed by atoms with Gasteiger partial charge in [0.1, 0.15) is 11.4 Å². The van der Waals surface area contributed by atoms with Crippen LogP contribution in [0.15, 0.2) is 53.6 Å². The summed E-state index contributed by atoms with van der Waals surface area (Å²) >= 11 is 6.36. The van der Waals surface area contributed by atoms with Gasteiger partial charge in [-0.1, -0.05) is 43.2 Å². The molecule has 1 aromatic carbocycles. The summed E-state index contributed by atoms with van der Waals surface area (Å²) in [7, 11) is -3.97. The van der Waals surface area contributed by atoms with E-state index in [0.29, 0.717) is 31.9 Å². The molecule has 8 nitrogen and oxygen atoms in total. The van der Waals surface area contributed by atoms with Crippen molar-refractivity contribution in [3.63, 3.8) is 0 Å². The Hall–Kier alpha value is -2.62. The number of ether oxygens (including phenoxy) is 2. The second-order valence-corrected chi connectivity index (χ2v) is 15.3. The van der Waals surface area contributed by atoms with Crippen molar-refractivity contribution < 1.29 is 27.5 Å². The number of halogens is 1. The first-order valence-electron chi connectivity index (χ1n) is 16.0. The van der Waals surface area contributed by atoms with Crippen LogP contribution in [0, 0.1) is 29.6 Å². The summed E-state index contributed by atoms with van der Waals surface area (Å²) in [5, 5.41) is -0.0862. The second-order valence-electron chi connectivity index (χ2n) is 12.8. The summed E-state index contributed by atoms with van der Waals surface area (Å²) in [5.74, 6) is 0.297. The number of hydrogen-bond acceptors (Lipinski definition) is 7. The minimum atomic E-state index is -3.97. The van der Waals surface area contributed by atoms with Crippen LogP contribution in [0.3, 0.4) is 0 Å². The molecule has 0 saturated heterocycles. The van der Waals surface area contributed by atoms with Crippen LogP contribution < -0.4 is 14.4 Å². The molecular formula is C34H45ClN2O6S. The van der Waals surface area contributed by atoms with E-state index in [4.69, 9.17) is 21.1 Å². The molecule has 1 amide bonds. The molecule has 2 unspecified atom stereocenters. The van der Waals surface area contributed by atoms with Crippen molar-refractivity contribution in [1.82, 2.24) is 4.72 Å². The van der Waals surface area contributed by atoms with Crippen molar-refractivity contribution in [2.45, 2.75) is 70.1 Å². The maximum atomic E-state index is 13.4. The number of hydrogen-bond donors (Lipinski definition) is 1. The van der Waals surface area contributed by atoms with E-state index in [-0.39, 0.29) is 35.2 Å². The molecule has 44 heavy (non-hydrogen) atoms. The van der Waals surface area contributed by atoms with Crippen molar-refractivity contribution in [3.8, 4) is 5.75 Å². The molecule has 0 aromatic heterocycles. The highest BCUT2D eigenvalue weighted by molar-refractivity contribution is 7.90. The molecule has 10 heteroatoms. The lowest BCUT2D eigenvalue weighted by Crippen LogP contribution is -2.52. The van der Waals surface area contributed by atoms with E-state index in [1.165, 1.54) is 0 Å². The summed E-state index contributed by atoms with van der Waals surface area (Å²) in [6, 6.07) is 5.16. The van der Waals surface area contributed by atoms with Gasteiger partial charge < -0.3 is 14.4 Å². The number of nitrogens with one attached hydrogen (secondary N) is 1. The van der Waals surface area contributed by atoms with Gasteiger partial charge in [0.15, 0.2) is 6.29 Å². The number of carbonyl (C=O) groups is 2. The van der Waals surface area contributed by atoms with Crippen molar-refractivity contribution in [3.05, 3.63) is 59.2 Å². The van der Waals surface area contributed by atoms with Gasteiger partial charge in [0.25, 0.3) is 5.91 Å². The zero-order valence-corrected chi connectivity index (χ0v) is 27.5. The molecule has 1 saturated carbocycles. The molecule has 2 aliphatic heterocycles. The Morgan fingerprint density at radius 1 is 1.18 bits per heavy atom. The lowest BCUT2D eigenvalue weighted by atomic mass is 9.64. The fraction of sp³-hybridized carbons (Fsp3) is 0.588. The molecule has 2 aliphatic carbocycles. The number of amides is 1. The average Bonchev–Trinajstić information content (AvgIpc) is 3.01. The van der Waals surface area contributed by atoms with E-state index in [1.807, 2.05) is 32.1 Å². The normalized spacial score (nSPS) is 34.9. The first-order chi connectivity index (χ1) is 21.1. The highest BCUT2D eigenvalue weighted by Gasteiger charge is 2.48. The highest BCUT2D eigenvalue weighted by Crippen LogP contribution is 2.46. The van der Waals surface area contributed by atoms with Gasteiger partial charge in [-0.15, -0.1) is 0 Å². The largest absolute Gasteiger partial charge is 0.491 e. The van der Waals surface area contributed by atoms with Crippen LogP contribution in [0.1, 0.15) is 69.7 Å². The number of aldehydes is 1. The monoisotopic (exact) mass is 644 g/mol. The zero-order chi connectivity index (χ0) is 31.5. The Kier molecular flexibility index (Phi) is 10.3. The van der Waals surface area contributed by atoms with Gasteiger partial charge in [0, 0.05) is 42.1 Å². The number of benzene rings is 1. The molecule has 1 N–H and O–H groups in total. The minimum Gasteiger partial charge on any atom is -0.491 e. The van der Waals surface area contributed by atoms with Crippen LogP contribution in [0.2, 0.25) is 0 Å². The van der Waals surface area contributed by atoms with Crippen LogP contribution in [-0.2, 0) is 19.6 Å². The molecule has 0 radical (unpaired) electrons. The number of carbonyl (C=O) groups excluding carboxylic acids is 2. The Labute approximate surface area is 266 Å². The topological polar surface area (TPSA) is 102 Å². The van der Waals surface area contributed by atoms with Gasteiger partial charge in [-0.25, -0.2) is 13.1 Å². The Morgan fingerprint density at radius 3 is 2.73 bits per heavy atom. The Morgan fingerprint density at radius 2 is 2.00 bits per heavy atom. The third kappa shape index (κ3) is 6.95. The van der Waals surface area contributed by atoms with Crippen LogP contribution in [-0.4, -0.2) is 57.8 Å². The van der Waals surface area contributed by atoms with Crippen LogP contribution >= 0.6 is 11.6 Å². The molecule has 2 bridgehead atoms. The molecule has 240 valence electrons. The van der Waals surface area contributed by atoms with Gasteiger partial charge in [-0.3, -0.25) is 9.59 Å². The molecule has 4 aliphatic rings. The number of fused-ring (bicyclic) bond motifs is 3. The van der Waals surface area contributed by atoms with Crippen molar-refractivity contribution in [2.75, 3.05) is 31.2 Å². The molecule has 7 atom stereocenters. The number of allylic oxidation sites excluding steroid dienone is 4. The molecule has 2 heterocycles. The van der Waals surface area contributed by atoms with Crippen molar-refractivity contribution in [1.29, 1.82) is 0 Å². The summed E-state index contributed by atoms with van der Waals surface area (Å²) in [5.41, 5.74) is -0.0621. The maximum absolute atomic E-state index is 13.4. The summed E-state index contributed by atoms with van der Waals surface area (Å²) in [4.78, 5) is 28.4. The van der Waals surface area contributed by atoms with E-state index >= 15 is 0 Å². The van der Waals surface area contributed by atoms with E-state index < -0.39 is 26.8 Å². The molecule has 1 fully saturated rings. The average molecular weight is 645 g/mol. The van der Waals surface area contributed by atoms with Gasteiger partial charge in [-0.05, 0) is 94.1 Å². The molecule has 0 spiro atoms. The molecule has 5 rings (SSSR count). The lowest BCUT2D eigenvalue weighted by Gasteiger charge is -2.48. The maximum Gasteiger partial charge on any atom is 0.264 e. The summed E-state index contributed by atoms with van der Waals surface area (Å²) in [6.07, 6.45) is 15.9. The first kappa shape index (κ1) is 32.8. The van der Waals surface area contributed by atoms with E-state index in [2.05, 4.69) is 21.8 Å². The fourth-order valence-corrected chi connectivity index (χ4v) is 8.54. The van der Waals surface area contributed by atoms with Gasteiger partial charge >= 0.3 is 0 Å². The van der Waals surface area contributed by atoms with Crippen LogP contribution in [0.4, 0.5) is 5.69 Å². The lowest BCUT2D eigenvalue weighted by molar-refractivity contribution is -0.140. The van der Waals surface area contributed by atoms with E-state index in [9.17, 15) is 18.0 Å². The van der Waals surface area contributed by atoms with Crippen molar-refractivity contribution >= 4 is 39.5 Å². The SMILES string of the molecule is CCO[C@]1(C=O)/C=C/C[C@H](C)[C@@H](C)S(=O)(=O)NC(=O)c2ccc3c(c2)N(CCCCC2C=C(Cl)C=CC2CO3)C[C@@H]2CC[C@H]21. The standard InChI is InChI=1S/C34H45ClN2O6S/c1-4-43-34(22-38)16-7-8-23(2)24(3)44(40,41)36-33(39)26-12-15-32-31(19-26)37(20-27-11-14-30(27)34)17-6-5-9-25-18-29(35)13-10-28(25)21-42-32/h7,10,12-13,15-16,18-19,22-25,27-28,30H,4-6,8-9,11,14,17,20-21H2,1-3H3,(H,36,39)/b16-7+/t23-,24+,25?,27-,28?,30+,34-/m0/s1. The first-order valence-corrected chi connectivity index (χ1v) is 17.9. The third-order valence-electron chi connectivity index (χ3n) is 10.1. The molecule has 1 aromatic rings. The number of nitrogens with zero attached hydrogens (tertiary/aromatic N) is 1. The minimum absolute atomic E-state index is 0.0186. The zero-order valence-electron chi connectivity index (χ0n) is 25.9. The van der Waals surface area contributed by atoms with Crippen LogP contribution in [0.25, 0.3) is 0 Å². The Bertz CT molecular complexity index is 1420. The van der Waals surface area contributed by atoms with Gasteiger partial charge in [0.05, 0.1) is 17.5 Å². The number of anilines is 1. The highest BCUT2D eigenvalue weighted by atomic mass is 35.5. The predicted molar refractivity (Wildman–Crippen MR) is 173 cm³/mol. The third-order valence-corrected chi connectivity index (χ3v) is 12.2. The van der Waals surface area contributed by atoms with Crippen molar-refractivity contribution in [2.24, 2.45) is 29.6 Å². The van der Waals surface area contributed by atoms with Gasteiger partial charge in [0.2, 0.25) is 10.0 Å². The fourth-order valence-electron chi connectivity index (χ4n) is 7.02. The summed E-state index contributed by atoms with van der Waals surface area (Å²) in [6.45, 7) is 7.56.